The van der Waals surface area contributed by atoms with E-state index in [0.29, 0.717) is 43.7 Å². The van der Waals surface area contributed by atoms with Gasteiger partial charge >= 0.3 is 6.18 Å². The highest BCUT2D eigenvalue weighted by Gasteiger charge is 2.36. The van der Waals surface area contributed by atoms with E-state index in [1.54, 1.807) is 29.2 Å². The number of carbonyl (C=O) groups is 1. The highest BCUT2D eigenvalue weighted by molar-refractivity contribution is 7.11. The Labute approximate surface area is 176 Å². The Morgan fingerprint density at radius 2 is 2.07 bits per heavy atom. The lowest BCUT2D eigenvalue weighted by Crippen LogP contribution is -2.39. The average Bonchev–Trinajstić information content (AvgIpc) is 3.28. The van der Waals surface area contributed by atoms with Crippen molar-refractivity contribution in [2.45, 2.75) is 51.6 Å². The number of thiophene rings is 1. The number of nitrogens with zero attached hydrogens (tertiary/aromatic N) is 4. The molecule has 0 spiro atoms. The summed E-state index contributed by atoms with van der Waals surface area (Å²) in [6.07, 6.45) is -1.97. The lowest BCUT2D eigenvalue weighted by atomic mass is 9.93. The first kappa shape index (κ1) is 20.8. The number of hydrogen-bond donors (Lipinski definition) is 0. The summed E-state index contributed by atoms with van der Waals surface area (Å²) in [5, 5.41) is 3.93. The number of fused-ring (bicyclic) bond motifs is 1. The van der Waals surface area contributed by atoms with Gasteiger partial charge in [-0.25, -0.2) is 9.50 Å². The van der Waals surface area contributed by atoms with Crippen LogP contribution in [0.3, 0.4) is 0 Å². The van der Waals surface area contributed by atoms with Gasteiger partial charge in [0.15, 0.2) is 5.65 Å². The number of aromatic nitrogens is 3. The van der Waals surface area contributed by atoms with E-state index in [0.717, 1.165) is 17.0 Å². The number of piperidine rings is 1. The highest BCUT2D eigenvalue weighted by atomic mass is 32.1. The van der Waals surface area contributed by atoms with E-state index in [1.807, 2.05) is 19.1 Å². The van der Waals surface area contributed by atoms with E-state index < -0.39 is 11.9 Å². The maximum atomic E-state index is 13.6. The Morgan fingerprint density at radius 1 is 1.27 bits per heavy atom. The van der Waals surface area contributed by atoms with Gasteiger partial charge in [-0.05, 0) is 51.3 Å². The zero-order chi connectivity index (χ0) is 21.5. The summed E-state index contributed by atoms with van der Waals surface area (Å²) in [4.78, 5) is 21.3. The minimum atomic E-state index is -4.53. The van der Waals surface area contributed by atoms with Gasteiger partial charge in [0.25, 0.3) is 0 Å². The molecular formula is C21H23F3N4OS. The molecule has 1 unspecified atom stereocenters. The van der Waals surface area contributed by atoms with Crippen LogP contribution in [0.25, 0.3) is 5.65 Å². The summed E-state index contributed by atoms with van der Waals surface area (Å²) in [6, 6.07) is 6.72. The van der Waals surface area contributed by atoms with Crippen LogP contribution in [0.4, 0.5) is 13.2 Å². The van der Waals surface area contributed by atoms with Gasteiger partial charge in [0.2, 0.25) is 5.91 Å². The number of carbonyl (C=O) groups excluding carboxylic acids is 1. The van der Waals surface area contributed by atoms with Crippen molar-refractivity contribution >= 4 is 22.9 Å². The summed E-state index contributed by atoms with van der Waals surface area (Å²) in [7, 11) is 0. The zero-order valence-electron chi connectivity index (χ0n) is 16.9. The second-order valence-corrected chi connectivity index (χ2v) is 9.18. The van der Waals surface area contributed by atoms with E-state index in [4.69, 9.17) is 0 Å². The van der Waals surface area contributed by atoms with Crippen LogP contribution >= 0.6 is 11.3 Å². The summed E-state index contributed by atoms with van der Waals surface area (Å²) in [5.74, 6) is -0.170. The van der Waals surface area contributed by atoms with Crippen LogP contribution in [0, 0.1) is 13.8 Å². The number of likely N-dealkylation sites (tertiary alicyclic amines) is 1. The van der Waals surface area contributed by atoms with Gasteiger partial charge in [-0.1, -0.05) is 0 Å². The number of halogens is 3. The van der Waals surface area contributed by atoms with E-state index >= 15 is 0 Å². The molecule has 0 N–H and O–H groups in total. The minimum Gasteiger partial charge on any atom is -0.342 e. The van der Waals surface area contributed by atoms with Gasteiger partial charge in [-0.2, -0.15) is 18.3 Å². The van der Waals surface area contributed by atoms with Crippen molar-refractivity contribution in [1.29, 1.82) is 0 Å². The first-order valence-electron chi connectivity index (χ1n) is 9.98. The van der Waals surface area contributed by atoms with Crippen molar-refractivity contribution in [2.24, 2.45) is 0 Å². The van der Waals surface area contributed by atoms with Gasteiger partial charge in [0, 0.05) is 46.9 Å². The maximum absolute atomic E-state index is 13.6. The SMILES string of the molecule is Cc1cc2nc(C3CCCN(C(=O)CCc4ccc(C)s4)C3)cc(C(F)(F)F)n2n1. The number of rotatable bonds is 4. The fraction of sp³-hybridized carbons (Fsp3) is 0.476. The predicted octanol–water partition coefficient (Wildman–Crippen LogP) is 4.77. The smallest absolute Gasteiger partial charge is 0.342 e. The molecule has 9 heteroatoms. The molecule has 0 aromatic carbocycles. The molecule has 3 aromatic rings. The maximum Gasteiger partial charge on any atom is 0.433 e. The van der Waals surface area contributed by atoms with Crippen molar-refractivity contribution in [3.63, 3.8) is 0 Å². The van der Waals surface area contributed by atoms with Crippen LogP contribution in [-0.2, 0) is 17.4 Å². The van der Waals surface area contributed by atoms with Gasteiger partial charge in [0.1, 0.15) is 5.69 Å². The Morgan fingerprint density at radius 3 is 2.77 bits per heavy atom. The Bertz CT molecular complexity index is 1070. The highest BCUT2D eigenvalue weighted by Crippen LogP contribution is 2.33. The molecule has 1 amide bonds. The van der Waals surface area contributed by atoms with Crippen LogP contribution in [0.2, 0.25) is 0 Å². The van der Waals surface area contributed by atoms with Crippen molar-refractivity contribution in [1.82, 2.24) is 19.5 Å². The predicted molar refractivity (Wildman–Crippen MR) is 109 cm³/mol. The summed E-state index contributed by atoms with van der Waals surface area (Å²) < 4.78 is 41.6. The van der Waals surface area contributed by atoms with Crippen molar-refractivity contribution in [3.8, 4) is 0 Å². The topological polar surface area (TPSA) is 50.5 Å². The molecule has 30 heavy (non-hydrogen) atoms. The van der Waals surface area contributed by atoms with Crippen molar-refractivity contribution < 1.29 is 18.0 Å². The molecule has 3 aromatic heterocycles. The molecule has 4 heterocycles. The average molecular weight is 437 g/mol. The monoisotopic (exact) mass is 436 g/mol. The Kier molecular flexibility index (Phi) is 5.57. The molecule has 1 atom stereocenters. The molecular weight excluding hydrogens is 413 g/mol. The molecule has 1 saturated heterocycles. The van der Waals surface area contributed by atoms with Crippen LogP contribution < -0.4 is 0 Å². The molecule has 0 radical (unpaired) electrons. The molecule has 1 fully saturated rings. The van der Waals surface area contributed by atoms with Crippen LogP contribution in [0.15, 0.2) is 24.3 Å². The van der Waals surface area contributed by atoms with Crippen LogP contribution in [0.1, 0.15) is 52.0 Å². The molecule has 4 rings (SSSR count). The number of aryl methyl sites for hydroxylation is 3. The summed E-state index contributed by atoms with van der Waals surface area (Å²) in [5.41, 5.74) is 0.219. The lowest BCUT2D eigenvalue weighted by molar-refractivity contribution is -0.143. The first-order chi connectivity index (χ1) is 14.2. The Hall–Kier alpha value is -2.42. The van der Waals surface area contributed by atoms with Gasteiger partial charge < -0.3 is 4.90 Å². The van der Waals surface area contributed by atoms with Crippen LogP contribution in [-0.4, -0.2) is 38.5 Å². The number of alkyl halides is 3. The molecule has 5 nitrogen and oxygen atoms in total. The number of amides is 1. The fourth-order valence-corrected chi connectivity index (χ4v) is 4.86. The van der Waals surface area contributed by atoms with E-state index in [-0.39, 0.29) is 17.5 Å². The summed E-state index contributed by atoms with van der Waals surface area (Å²) >= 11 is 1.69. The molecule has 160 valence electrons. The van der Waals surface area contributed by atoms with E-state index in [2.05, 4.69) is 10.1 Å². The molecule has 0 saturated carbocycles. The Balaban J connectivity index is 1.52. The van der Waals surface area contributed by atoms with Crippen LogP contribution in [0.5, 0.6) is 0 Å². The van der Waals surface area contributed by atoms with E-state index in [1.165, 1.54) is 9.75 Å². The quantitative estimate of drug-likeness (QED) is 0.592. The van der Waals surface area contributed by atoms with Gasteiger partial charge in [-0.15, -0.1) is 11.3 Å². The largest absolute Gasteiger partial charge is 0.433 e. The van der Waals surface area contributed by atoms with E-state index in [9.17, 15) is 18.0 Å². The van der Waals surface area contributed by atoms with Gasteiger partial charge in [-0.3, -0.25) is 4.79 Å². The fourth-order valence-electron chi connectivity index (χ4n) is 3.97. The second-order valence-electron chi connectivity index (χ2n) is 7.81. The third kappa shape index (κ3) is 4.35. The van der Waals surface area contributed by atoms with Crippen molar-refractivity contribution in [2.75, 3.05) is 13.1 Å². The first-order valence-corrected chi connectivity index (χ1v) is 10.8. The summed E-state index contributed by atoms with van der Waals surface area (Å²) in [6.45, 7) is 4.71. The third-order valence-corrected chi connectivity index (χ3v) is 6.49. The normalized spacial score (nSPS) is 17.6. The minimum absolute atomic E-state index is 0.0445. The zero-order valence-corrected chi connectivity index (χ0v) is 17.7. The second kappa shape index (κ2) is 8.02. The molecule has 1 aliphatic rings. The molecule has 0 aliphatic carbocycles. The molecule has 1 aliphatic heterocycles. The number of hydrogen-bond acceptors (Lipinski definition) is 4. The van der Waals surface area contributed by atoms with Crippen molar-refractivity contribution in [3.05, 3.63) is 51.1 Å². The molecule has 0 bridgehead atoms. The lowest BCUT2D eigenvalue weighted by Gasteiger charge is -2.33. The standard InChI is InChI=1S/C21H23F3N4OS/c1-13-10-19-25-17(11-18(21(22,23)24)28(19)26-13)15-4-3-9-27(12-15)20(29)8-7-16-6-5-14(2)30-16/h5-6,10-11,15H,3-4,7-9,12H2,1-2H3. The third-order valence-electron chi connectivity index (χ3n) is 5.43. The van der Waals surface area contributed by atoms with Gasteiger partial charge in [0.05, 0.1) is 5.69 Å².